The summed E-state index contributed by atoms with van der Waals surface area (Å²) in [6.07, 6.45) is 1.69. The van der Waals surface area contributed by atoms with Gasteiger partial charge in [-0.1, -0.05) is 62.7 Å². The Bertz CT molecular complexity index is 3170. The maximum atomic E-state index is 16.4. The molecule has 0 unspecified atom stereocenters. The first-order chi connectivity index (χ1) is 40.5. The molecular formula is C60H74F3N9O12S. The summed E-state index contributed by atoms with van der Waals surface area (Å²) in [4.78, 5) is 112. The number of ether oxygens (including phenoxy) is 1. The molecule has 6 atom stereocenters. The van der Waals surface area contributed by atoms with E-state index in [9.17, 15) is 56.3 Å². The maximum absolute atomic E-state index is 16.4. The Morgan fingerprint density at radius 3 is 2.24 bits per heavy atom. The van der Waals surface area contributed by atoms with Crippen LogP contribution in [0.25, 0.3) is 11.3 Å². The molecule has 7 rings (SSSR count). The molecule has 4 aromatic rings. The van der Waals surface area contributed by atoms with Crippen molar-refractivity contribution >= 4 is 63.0 Å². The molecule has 3 aromatic carbocycles. The van der Waals surface area contributed by atoms with Gasteiger partial charge in [0.2, 0.25) is 11.8 Å². The normalized spacial score (nSPS) is 18.2. The van der Waals surface area contributed by atoms with Gasteiger partial charge in [-0.3, -0.25) is 33.7 Å². The van der Waals surface area contributed by atoms with E-state index in [1.807, 2.05) is 18.2 Å². The van der Waals surface area contributed by atoms with E-state index in [2.05, 4.69) is 16.0 Å². The predicted octanol–water partition coefficient (Wildman–Crippen LogP) is 6.15. The number of nitrogens with one attached hydrogen (secondary N) is 3. The lowest BCUT2D eigenvalue weighted by atomic mass is 9.89. The number of nitrogens with two attached hydrogens (primary N) is 1. The number of ketones is 1. The molecule has 2 saturated heterocycles. The van der Waals surface area contributed by atoms with E-state index in [1.54, 1.807) is 54.8 Å². The van der Waals surface area contributed by atoms with Crippen molar-refractivity contribution in [2.75, 3.05) is 49.5 Å². The smallest absolute Gasteiger partial charge is 0.410 e. The van der Waals surface area contributed by atoms with Crippen molar-refractivity contribution < 1.29 is 69.8 Å². The topological polar surface area (TPSA) is 290 Å². The van der Waals surface area contributed by atoms with E-state index in [-0.39, 0.29) is 129 Å². The lowest BCUT2D eigenvalue weighted by Crippen LogP contribution is -2.48. The number of aliphatic hydroxyl groups is 1. The van der Waals surface area contributed by atoms with Gasteiger partial charge in [-0.2, -0.15) is 0 Å². The molecule has 3 aliphatic rings. The van der Waals surface area contributed by atoms with Crippen molar-refractivity contribution in [2.45, 2.75) is 116 Å². The van der Waals surface area contributed by atoms with E-state index >= 15 is 8.78 Å². The Kier molecular flexibility index (Phi) is 22.6. The Hall–Kier alpha value is -7.93. The Labute approximate surface area is 491 Å². The minimum atomic E-state index is -3.46. The van der Waals surface area contributed by atoms with Crippen molar-refractivity contribution in [3.05, 3.63) is 120 Å². The molecule has 458 valence electrons. The van der Waals surface area contributed by atoms with Gasteiger partial charge in [-0.05, 0) is 98.7 Å². The highest BCUT2D eigenvalue weighted by atomic mass is 32.2. The number of nitrogens with zero attached hydrogens (tertiary/aromatic N) is 5. The maximum Gasteiger partial charge on any atom is 0.410 e. The fourth-order valence-corrected chi connectivity index (χ4v) is 12.4. The van der Waals surface area contributed by atoms with Crippen LogP contribution >= 0.6 is 0 Å². The quantitative estimate of drug-likeness (QED) is 0.0316. The zero-order chi connectivity index (χ0) is 61.5. The van der Waals surface area contributed by atoms with Crippen molar-refractivity contribution in [3.63, 3.8) is 0 Å². The molecule has 0 radical (unpaired) electrons. The van der Waals surface area contributed by atoms with Gasteiger partial charge in [0.05, 0.1) is 35.8 Å². The number of Topliss-reactive ketones (excluding diaryl/α,β-unsaturated/α-hetero) is 1. The molecule has 0 saturated carbocycles. The van der Waals surface area contributed by atoms with Crippen LogP contribution in [0, 0.1) is 35.3 Å². The fraction of sp³-hybridized carbons (Fsp3) is 0.483. The second kappa shape index (κ2) is 29.7. The molecule has 8 amide bonds. The number of sulfone groups is 1. The van der Waals surface area contributed by atoms with Crippen LogP contribution in [-0.4, -0.2) is 148 Å². The van der Waals surface area contributed by atoms with Gasteiger partial charge in [-0.25, -0.2) is 36.2 Å². The van der Waals surface area contributed by atoms with Gasteiger partial charge in [0.25, 0.3) is 17.7 Å². The van der Waals surface area contributed by atoms with E-state index < -0.39 is 94.1 Å². The summed E-state index contributed by atoms with van der Waals surface area (Å²) in [5.74, 6) is -7.49. The number of alkyl halides is 1. The number of halogens is 3. The molecule has 3 aliphatic heterocycles. The number of carbonyl (C=O) groups is 8. The Morgan fingerprint density at radius 1 is 0.882 bits per heavy atom. The summed E-state index contributed by atoms with van der Waals surface area (Å²) in [6.45, 7) is 4.01. The number of imidazole rings is 1. The largest absolute Gasteiger partial charge is 0.445 e. The molecule has 25 heteroatoms. The number of anilines is 1. The molecule has 6 N–H and O–H groups in total. The number of rotatable bonds is 28. The molecule has 2 fully saturated rings. The van der Waals surface area contributed by atoms with E-state index in [0.29, 0.717) is 36.9 Å². The fourth-order valence-electron chi connectivity index (χ4n) is 10.9. The molecule has 0 aliphatic carbocycles. The third kappa shape index (κ3) is 18.0. The van der Waals surface area contributed by atoms with Crippen LogP contribution in [0.2, 0.25) is 0 Å². The molecule has 85 heavy (non-hydrogen) atoms. The van der Waals surface area contributed by atoms with Gasteiger partial charge in [0.1, 0.15) is 46.2 Å². The summed E-state index contributed by atoms with van der Waals surface area (Å²) in [7, 11) is -3.46. The SMILES string of the molecule is CC(C)[C@H](NC(=O)CCCCCN1C(=O)C=CC1=O)C(=O)C[C@@H](CCCNC(N)=O)C(=O)Nc1ccc(COC(=O)N2C[C@@H](CN(C(=O)[C@H](C)O)[C@@H](c3nc(-c4cc(F)ccc4F)cn3Cc3ccccc3)C3CCS(=O)(=O)CC3)[C@@H](F)C2)cc1. The lowest BCUT2D eigenvalue weighted by molar-refractivity contribution is -0.144. The number of likely N-dealkylation sites (tertiary alicyclic amines) is 1. The van der Waals surface area contributed by atoms with E-state index in [0.717, 1.165) is 33.6 Å². The lowest BCUT2D eigenvalue weighted by Gasteiger charge is -2.40. The number of hydrogen-bond acceptors (Lipinski definition) is 13. The number of imide groups is 1. The van der Waals surface area contributed by atoms with Crippen molar-refractivity contribution in [1.82, 2.24) is 34.9 Å². The Balaban J connectivity index is 0.992. The summed E-state index contributed by atoms with van der Waals surface area (Å²) < 4.78 is 79.3. The summed E-state index contributed by atoms with van der Waals surface area (Å²) in [6, 6.07) is 15.5. The second-order valence-electron chi connectivity index (χ2n) is 22.3. The van der Waals surface area contributed by atoms with Crippen molar-refractivity contribution in [2.24, 2.45) is 29.4 Å². The number of unbranched alkanes of at least 4 members (excludes halogenated alkanes) is 2. The highest BCUT2D eigenvalue weighted by Crippen LogP contribution is 2.40. The van der Waals surface area contributed by atoms with Crippen LogP contribution in [0.3, 0.4) is 0 Å². The third-order valence-corrected chi connectivity index (χ3v) is 17.2. The molecule has 1 aromatic heterocycles. The number of aliphatic hydroxyl groups excluding tert-OH is 1. The number of urea groups is 1. The standard InChI is InChI=1S/C60H74F3N9O12S/c1-37(2)54(68-51(75)14-8-5-9-26-71-52(76)21-22-53(71)77)50(74)29-42(13-10-25-65-59(64)80)57(78)66-45-18-15-40(16-19-45)36-84-60(81)70-32-43(48(63)34-70)33-72(58(79)38(3)73)55(41-23-27-85(82,83)28-24-41)56-67-49(46-30-44(61)17-20-47(46)62)35-69(56)31-39-11-6-4-7-12-39/h4,6-7,11-12,15-22,30,35,37-38,41-43,48,54-55,73H,5,8-10,13-14,23-29,31-34,36H2,1-3H3,(H,66,78)(H,68,75)(H3,64,65,80)/t38-,42+,43-,48-,54-,55+/m0/s1. The number of aromatic nitrogens is 2. The minimum Gasteiger partial charge on any atom is -0.445 e. The molecule has 4 heterocycles. The monoisotopic (exact) mass is 1200 g/mol. The average molecular weight is 1200 g/mol. The van der Waals surface area contributed by atoms with E-state index in [1.165, 1.54) is 30.2 Å². The van der Waals surface area contributed by atoms with Crippen LogP contribution in [0.4, 0.5) is 28.4 Å². The van der Waals surface area contributed by atoms with Gasteiger partial charge in [0, 0.05) is 87.0 Å². The predicted molar refractivity (Wildman–Crippen MR) is 307 cm³/mol. The number of carbonyl (C=O) groups excluding carboxylic acids is 8. The molecule has 0 spiro atoms. The van der Waals surface area contributed by atoms with Crippen LogP contribution < -0.4 is 21.7 Å². The first kappa shape index (κ1) is 64.6. The number of hydrogen-bond donors (Lipinski definition) is 5. The van der Waals surface area contributed by atoms with Gasteiger partial charge in [-0.15, -0.1) is 0 Å². The van der Waals surface area contributed by atoms with E-state index in [4.69, 9.17) is 15.5 Å². The first-order valence-corrected chi connectivity index (χ1v) is 30.4. The molecule has 21 nitrogen and oxygen atoms in total. The average Bonchev–Trinajstić information content (AvgIpc) is 2.20. The van der Waals surface area contributed by atoms with Gasteiger partial charge >= 0.3 is 12.1 Å². The summed E-state index contributed by atoms with van der Waals surface area (Å²) in [5.41, 5.74) is 6.68. The molecular weight excluding hydrogens is 1130 g/mol. The Morgan fingerprint density at radius 2 is 1.58 bits per heavy atom. The van der Waals surface area contributed by atoms with Crippen LogP contribution in [0.5, 0.6) is 0 Å². The zero-order valence-corrected chi connectivity index (χ0v) is 48.6. The molecule has 0 bridgehead atoms. The summed E-state index contributed by atoms with van der Waals surface area (Å²) in [5, 5.41) is 19.0. The summed E-state index contributed by atoms with van der Waals surface area (Å²) >= 11 is 0. The second-order valence-corrected chi connectivity index (χ2v) is 24.6. The van der Waals surface area contributed by atoms with Crippen molar-refractivity contribution in [3.8, 4) is 11.3 Å². The van der Waals surface area contributed by atoms with Crippen LogP contribution in [0.1, 0.15) is 102 Å². The first-order valence-electron chi connectivity index (χ1n) is 28.6. The minimum absolute atomic E-state index is 0.0219. The van der Waals surface area contributed by atoms with Gasteiger partial charge < -0.3 is 45.9 Å². The van der Waals surface area contributed by atoms with Crippen LogP contribution in [0.15, 0.2) is 91.1 Å². The number of amides is 8. The number of primary amides is 1. The zero-order valence-electron chi connectivity index (χ0n) is 47.8. The van der Waals surface area contributed by atoms with Crippen molar-refractivity contribution in [1.29, 1.82) is 0 Å². The van der Waals surface area contributed by atoms with Crippen LogP contribution in [-0.2, 0) is 56.5 Å². The highest BCUT2D eigenvalue weighted by Gasteiger charge is 2.44. The highest BCUT2D eigenvalue weighted by molar-refractivity contribution is 7.91. The van der Waals surface area contributed by atoms with Gasteiger partial charge in [0.15, 0.2) is 5.78 Å². The number of benzene rings is 3. The third-order valence-electron chi connectivity index (χ3n) is 15.5.